The lowest BCUT2D eigenvalue weighted by Crippen LogP contribution is -2.12. The first-order chi connectivity index (χ1) is 12.1. The monoisotopic (exact) mass is 342 g/mol. The van der Waals surface area contributed by atoms with Gasteiger partial charge in [0.15, 0.2) is 0 Å². The molecule has 0 fully saturated rings. The van der Waals surface area contributed by atoms with Gasteiger partial charge in [-0.1, -0.05) is 56.7 Å². The normalized spacial score (nSPS) is 11.9. The van der Waals surface area contributed by atoms with Crippen LogP contribution in [0.1, 0.15) is 45.1 Å². The molecule has 0 bridgehead atoms. The third kappa shape index (κ3) is 6.57. The molecule has 25 heavy (non-hydrogen) atoms. The minimum atomic E-state index is -0.289. The number of rotatable bonds is 9. The van der Waals surface area contributed by atoms with E-state index < -0.39 is 0 Å². The molecule has 134 valence electrons. The Morgan fingerprint density at radius 3 is 2.36 bits per heavy atom. The Balaban J connectivity index is 1.67. The Morgan fingerprint density at radius 2 is 1.64 bits per heavy atom. The van der Waals surface area contributed by atoms with Gasteiger partial charge in [-0.2, -0.15) is 0 Å². The second kappa shape index (κ2) is 9.82. The summed E-state index contributed by atoms with van der Waals surface area (Å²) in [6, 6.07) is 14.1. The smallest absolute Gasteiger partial charge is 0.306 e. The zero-order chi connectivity index (χ0) is 18.1. The van der Waals surface area contributed by atoms with Crippen molar-refractivity contribution >= 4 is 22.7 Å². The van der Waals surface area contributed by atoms with Gasteiger partial charge in [0.05, 0.1) is 6.61 Å². The fraction of sp³-hybridized carbons (Fsp3) is 0.429. The van der Waals surface area contributed by atoms with E-state index in [-0.39, 0.29) is 31.4 Å². The van der Waals surface area contributed by atoms with Gasteiger partial charge in [-0.05, 0) is 34.7 Å². The highest BCUT2D eigenvalue weighted by Gasteiger charge is 2.09. The summed E-state index contributed by atoms with van der Waals surface area (Å²) in [6.07, 6.45) is 1.91. The lowest BCUT2D eigenvalue weighted by Gasteiger charge is -2.09. The van der Waals surface area contributed by atoms with Gasteiger partial charge in [-0.15, -0.1) is 0 Å². The van der Waals surface area contributed by atoms with E-state index in [1.807, 2.05) is 49.4 Å². The molecular formula is C21H26O4. The second-order valence-corrected chi connectivity index (χ2v) is 6.39. The maximum atomic E-state index is 11.8. The SMILES string of the molecule is CCC(C)COC(=O)CCCC(=O)OCc1ccc2ccccc2c1. The number of hydrogen-bond acceptors (Lipinski definition) is 4. The molecule has 0 N–H and O–H groups in total. The van der Waals surface area contributed by atoms with Crippen LogP contribution in [-0.2, 0) is 25.7 Å². The number of carbonyl (C=O) groups is 2. The van der Waals surface area contributed by atoms with E-state index in [0.717, 1.165) is 22.8 Å². The van der Waals surface area contributed by atoms with Gasteiger partial charge >= 0.3 is 11.9 Å². The Kier molecular flexibility index (Phi) is 7.45. The minimum Gasteiger partial charge on any atom is -0.465 e. The first-order valence-corrected chi connectivity index (χ1v) is 8.87. The summed E-state index contributed by atoms with van der Waals surface area (Å²) in [6.45, 7) is 4.80. The predicted molar refractivity (Wildman–Crippen MR) is 98.0 cm³/mol. The van der Waals surface area contributed by atoms with Crippen LogP contribution in [0.5, 0.6) is 0 Å². The second-order valence-electron chi connectivity index (χ2n) is 6.39. The molecule has 0 aromatic heterocycles. The van der Waals surface area contributed by atoms with Crippen molar-refractivity contribution in [3.05, 3.63) is 48.0 Å². The molecule has 0 spiro atoms. The lowest BCUT2D eigenvalue weighted by molar-refractivity contribution is -0.146. The van der Waals surface area contributed by atoms with E-state index in [1.54, 1.807) is 0 Å². The average molecular weight is 342 g/mol. The van der Waals surface area contributed by atoms with Gasteiger partial charge in [-0.3, -0.25) is 9.59 Å². The van der Waals surface area contributed by atoms with Crippen LogP contribution in [0.2, 0.25) is 0 Å². The summed E-state index contributed by atoms with van der Waals surface area (Å²) in [5.41, 5.74) is 0.958. The van der Waals surface area contributed by atoms with Crippen LogP contribution < -0.4 is 0 Å². The molecule has 0 saturated carbocycles. The topological polar surface area (TPSA) is 52.6 Å². The summed E-state index contributed by atoms with van der Waals surface area (Å²) in [5, 5.41) is 2.29. The number of fused-ring (bicyclic) bond motifs is 1. The highest BCUT2D eigenvalue weighted by molar-refractivity contribution is 5.83. The molecule has 0 aliphatic heterocycles. The standard InChI is InChI=1S/C21H26O4/c1-3-16(2)14-24-20(22)9-6-10-21(23)25-15-17-11-12-18-7-4-5-8-19(18)13-17/h4-5,7-8,11-13,16H,3,6,9-10,14-15H2,1-2H3. The van der Waals surface area contributed by atoms with Crippen molar-refractivity contribution < 1.29 is 19.1 Å². The molecule has 4 nitrogen and oxygen atoms in total. The summed E-state index contributed by atoms with van der Waals surface area (Å²) in [7, 11) is 0. The Bertz CT molecular complexity index is 708. The highest BCUT2D eigenvalue weighted by atomic mass is 16.5. The van der Waals surface area contributed by atoms with Crippen LogP contribution >= 0.6 is 0 Å². The van der Waals surface area contributed by atoms with Gasteiger partial charge in [0, 0.05) is 12.8 Å². The summed E-state index contributed by atoms with van der Waals surface area (Å²) in [5.74, 6) is -0.165. The van der Waals surface area contributed by atoms with E-state index in [4.69, 9.17) is 9.47 Å². The summed E-state index contributed by atoms with van der Waals surface area (Å²) < 4.78 is 10.4. The minimum absolute atomic E-state index is 0.228. The molecule has 0 aliphatic rings. The summed E-state index contributed by atoms with van der Waals surface area (Å²) >= 11 is 0. The number of ether oxygens (including phenoxy) is 2. The third-order valence-corrected chi connectivity index (χ3v) is 4.20. The molecule has 2 aromatic rings. The van der Waals surface area contributed by atoms with E-state index in [1.165, 1.54) is 0 Å². The molecule has 1 unspecified atom stereocenters. The molecular weight excluding hydrogens is 316 g/mol. The maximum absolute atomic E-state index is 11.8. The fourth-order valence-corrected chi connectivity index (χ4v) is 2.37. The Hall–Kier alpha value is -2.36. The van der Waals surface area contributed by atoms with Gasteiger partial charge in [0.2, 0.25) is 0 Å². The first kappa shape index (κ1) is 19.0. The maximum Gasteiger partial charge on any atom is 0.306 e. The van der Waals surface area contributed by atoms with Crippen molar-refractivity contribution in [1.29, 1.82) is 0 Å². The zero-order valence-electron chi connectivity index (χ0n) is 15.0. The van der Waals surface area contributed by atoms with E-state index in [2.05, 4.69) is 6.92 Å². The van der Waals surface area contributed by atoms with Crippen LogP contribution in [-0.4, -0.2) is 18.5 Å². The van der Waals surface area contributed by atoms with Gasteiger partial charge in [0.25, 0.3) is 0 Å². The molecule has 1 atom stereocenters. The fourth-order valence-electron chi connectivity index (χ4n) is 2.37. The number of benzene rings is 2. The molecule has 2 rings (SSSR count). The van der Waals surface area contributed by atoms with E-state index in [9.17, 15) is 9.59 Å². The molecule has 4 heteroatoms. The Morgan fingerprint density at radius 1 is 0.960 bits per heavy atom. The van der Waals surface area contributed by atoms with E-state index >= 15 is 0 Å². The third-order valence-electron chi connectivity index (χ3n) is 4.20. The van der Waals surface area contributed by atoms with Crippen molar-refractivity contribution in [1.82, 2.24) is 0 Å². The molecule has 2 aromatic carbocycles. The number of hydrogen-bond donors (Lipinski definition) is 0. The molecule has 0 saturated heterocycles. The van der Waals surface area contributed by atoms with Gasteiger partial charge in [-0.25, -0.2) is 0 Å². The molecule has 0 radical (unpaired) electrons. The van der Waals surface area contributed by atoms with Crippen molar-refractivity contribution in [3.63, 3.8) is 0 Å². The Labute approximate surface area is 149 Å². The molecule has 0 aliphatic carbocycles. The van der Waals surface area contributed by atoms with Crippen molar-refractivity contribution in [2.24, 2.45) is 5.92 Å². The number of esters is 2. The lowest BCUT2D eigenvalue weighted by atomic mass is 10.1. The van der Waals surface area contributed by atoms with E-state index in [0.29, 0.717) is 18.9 Å². The largest absolute Gasteiger partial charge is 0.465 e. The zero-order valence-corrected chi connectivity index (χ0v) is 15.0. The van der Waals surface area contributed by atoms with Gasteiger partial charge < -0.3 is 9.47 Å². The average Bonchev–Trinajstić information content (AvgIpc) is 2.64. The van der Waals surface area contributed by atoms with Gasteiger partial charge in [0.1, 0.15) is 6.61 Å². The predicted octanol–water partition coefficient (Wildman–Crippen LogP) is 4.64. The van der Waals surface area contributed by atoms with Crippen LogP contribution in [0.3, 0.4) is 0 Å². The van der Waals surface area contributed by atoms with Crippen LogP contribution in [0.15, 0.2) is 42.5 Å². The van der Waals surface area contributed by atoms with Crippen molar-refractivity contribution in [3.8, 4) is 0 Å². The summed E-state index contributed by atoms with van der Waals surface area (Å²) in [4.78, 5) is 23.4. The van der Waals surface area contributed by atoms with Crippen molar-refractivity contribution in [2.75, 3.05) is 6.61 Å². The number of carbonyl (C=O) groups excluding carboxylic acids is 2. The van der Waals surface area contributed by atoms with Crippen LogP contribution in [0, 0.1) is 5.92 Å². The molecule has 0 heterocycles. The van der Waals surface area contributed by atoms with Crippen LogP contribution in [0.25, 0.3) is 10.8 Å². The highest BCUT2D eigenvalue weighted by Crippen LogP contribution is 2.16. The van der Waals surface area contributed by atoms with Crippen molar-refractivity contribution in [2.45, 2.75) is 46.1 Å². The van der Waals surface area contributed by atoms with Crippen LogP contribution in [0.4, 0.5) is 0 Å². The molecule has 0 amide bonds. The first-order valence-electron chi connectivity index (χ1n) is 8.87. The quantitative estimate of drug-likeness (QED) is 0.623.